The molecular weight excluding hydrogens is 354 g/mol. The van der Waals surface area contributed by atoms with Gasteiger partial charge in [0.1, 0.15) is 11.0 Å². The van der Waals surface area contributed by atoms with Gasteiger partial charge in [0.25, 0.3) is 5.91 Å². The van der Waals surface area contributed by atoms with Gasteiger partial charge < -0.3 is 16.0 Å². The van der Waals surface area contributed by atoms with E-state index in [1.54, 1.807) is 24.3 Å². The number of rotatable bonds is 5. The van der Waals surface area contributed by atoms with Crippen molar-refractivity contribution in [1.82, 2.24) is 15.5 Å². The van der Waals surface area contributed by atoms with Crippen molar-refractivity contribution in [1.29, 1.82) is 0 Å². The van der Waals surface area contributed by atoms with E-state index < -0.39 is 23.8 Å². The van der Waals surface area contributed by atoms with E-state index in [0.717, 1.165) is 11.4 Å². The lowest BCUT2D eigenvalue weighted by Gasteiger charge is -2.13. The van der Waals surface area contributed by atoms with Crippen LogP contribution in [0.15, 0.2) is 24.3 Å². The second-order valence-electron chi connectivity index (χ2n) is 6.41. The van der Waals surface area contributed by atoms with Gasteiger partial charge in [0.15, 0.2) is 0 Å². The summed E-state index contributed by atoms with van der Waals surface area (Å²) < 4.78 is 0. The largest absolute Gasteiger partial charge is 0.340 e. The standard InChI is InChI=1S/C17H19N5O3S/c1-9(2)7-14-21-22-17(26-14)20-13(23)8-12-16(25)18-11-6-4-3-5-10(11)15(24)19-12/h3-6,9,12H,7-8H2,1-2H3,(H,18,25)(H,19,24)(H,20,22,23)/t12-/m0/s1. The molecule has 1 aliphatic heterocycles. The number of nitrogens with one attached hydrogen (secondary N) is 3. The Morgan fingerprint density at radius 2 is 2.04 bits per heavy atom. The molecule has 0 saturated heterocycles. The molecule has 136 valence electrons. The fraction of sp³-hybridized carbons (Fsp3) is 0.353. The normalized spacial score (nSPS) is 16.5. The predicted octanol–water partition coefficient (Wildman–Crippen LogP) is 1.82. The molecule has 0 unspecified atom stereocenters. The summed E-state index contributed by atoms with van der Waals surface area (Å²) in [5.74, 6) is -0.801. The number of carbonyl (C=O) groups excluding carboxylic acids is 3. The van der Waals surface area contributed by atoms with Gasteiger partial charge in [-0.3, -0.25) is 14.4 Å². The zero-order valence-corrected chi connectivity index (χ0v) is 15.2. The number of nitrogens with zero attached hydrogens (tertiary/aromatic N) is 2. The number of para-hydroxylation sites is 1. The van der Waals surface area contributed by atoms with Gasteiger partial charge in [-0.1, -0.05) is 37.3 Å². The van der Waals surface area contributed by atoms with Crippen LogP contribution >= 0.6 is 11.3 Å². The van der Waals surface area contributed by atoms with E-state index >= 15 is 0 Å². The maximum absolute atomic E-state index is 12.3. The zero-order chi connectivity index (χ0) is 18.7. The van der Waals surface area contributed by atoms with Crippen molar-refractivity contribution in [2.45, 2.75) is 32.7 Å². The van der Waals surface area contributed by atoms with Crippen LogP contribution in [0.5, 0.6) is 0 Å². The Kier molecular flexibility index (Phi) is 5.27. The first kappa shape index (κ1) is 18.0. The molecule has 8 nitrogen and oxygen atoms in total. The Balaban J connectivity index is 1.63. The molecule has 1 aliphatic rings. The molecule has 0 radical (unpaired) electrons. The molecule has 1 aromatic heterocycles. The van der Waals surface area contributed by atoms with Crippen molar-refractivity contribution < 1.29 is 14.4 Å². The van der Waals surface area contributed by atoms with Crippen molar-refractivity contribution in [2.24, 2.45) is 5.92 Å². The summed E-state index contributed by atoms with van der Waals surface area (Å²) in [7, 11) is 0. The van der Waals surface area contributed by atoms with E-state index in [9.17, 15) is 14.4 Å². The lowest BCUT2D eigenvalue weighted by Crippen LogP contribution is -2.43. The Labute approximate surface area is 154 Å². The molecule has 9 heteroatoms. The van der Waals surface area contributed by atoms with Crippen LogP contribution in [-0.2, 0) is 16.0 Å². The Bertz CT molecular complexity index is 848. The number of anilines is 2. The van der Waals surface area contributed by atoms with Crippen LogP contribution < -0.4 is 16.0 Å². The lowest BCUT2D eigenvalue weighted by molar-refractivity contribution is -0.122. The summed E-state index contributed by atoms with van der Waals surface area (Å²) in [6.45, 7) is 4.15. The summed E-state index contributed by atoms with van der Waals surface area (Å²) in [5.41, 5.74) is 0.798. The molecule has 26 heavy (non-hydrogen) atoms. The molecule has 0 bridgehead atoms. The van der Waals surface area contributed by atoms with Crippen molar-refractivity contribution in [3.8, 4) is 0 Å². The van der Waals surface area contributed by atoms with E-state index in [0.29, 0.717) is 22.3 Å². The number of fused-ring (bicyclic) bond motifs is 1. The minimum atomic E-state index is -0.960. The number of amides is 3. The van der Waals surface area contributed by atoms with Gasteiger partial charge in [-0.15, -0.1) is 10.2 Å². The Morgan fingerprint density at radius 1 is 1.27 bits per heavy atom. The lowest BCUT2D eigenvalue weighted by atomic mass is 10.1. The van der Waals surface area contributed by atoms with Crippen LogP contribution in [0.4, 0.5) is 10.8 Å². The molecule has 0 aliphatic carbocycles. The summed E-state index contributed by atoms with van der Waals surface area (Å²) >= 11 is 1.30. The third kappa shape index (κ3) is 4.23. The molecule has 3 N–H and O–H groups in total. The molecular formula is C17H19N5O3S. The highest BCUT2D eigenvalue weighted by atomic mass is 32.1. The molecule has 3 rings (SSSR count). The first-order valence-electron chi connectivity index (χ1n) is 8.25. The van der Waals surface area contributed by atoms with Gasteiger partial charge in [-0.2, -0.15) is 0 Å². The SMILES string of the molecule is CC(C)Cc1nnc(NC(=O)C[C@@H]2NC(=O)c3ccccc3NC2=O)s1. The van der Waals surface area contributed by atoms with Gasteiger partial charge in [0, 0.05) is 6.42 Å². The second kappa shape index (κ2) is 7.61. The molecule has 0 spiro atoms. The van der Waals surface area contributed by atoms with Crippen LogP contribution in [0.3, 0.4) is 0 Å². The van der Waals surface area contributed by atoms with E-state index in [2.05, 4.69) is 40.0 Å². The molecule has 2 heterocycles. The summed E-state index contributed by atoms with van der Waals surface area (Å²) in [6.07, 6.45) is 0.595. The Morgan fingerprint density at radius 3 is 2.81 bits per heavy atom. The molecule has 0 saturated carbocycles. The summed E-state index contributed by atoms with van der Waals surface area (Å²) in [6, 6.07) is 5.74. The topological polar surface area (TPSA) is 113 Å². The van der Waals surface area contributed by atoms with Crippen LogP contribution in [0.1, 0.15) is 35.6 Å². The van der Waals surface area contributed by atoms with Crippen LogP contribution in [0.2, 0.25) is 0 Å². The molecule has 1 aromatic carbocycles. The van der Waals surface area contributed by atoms with Crippen molar-refractivity contribution in [3.05, 3.63) is 34.8 Å². The van der Waals surface area contributed by atoms with E-state index in [4.69, 9.17) is 0 Å². The highest BCUT2D eigenvalue weighted by Gasteiger charge is 2.29. The van der Waals surface area contributed by atoms with E-state index in [-0.39, 0.29) is 6.42 Å². The van der Waals surface area contributed by atoms with Crippen molar-refractivity contribution >= 4 is 39.9 Å². The van der Waals surface area contributed by atoms with Crippen molar-refractivity contribution in [3.63, 3.8) is 0 Å². The molecule has 1 atom stereocenters. The van der Waals surface area contributed by atoms with Gasteiger partial charge in [0.05, 0.1) is 17.7 Å². The first-order valence-corrected chi connectivity index (χ1v) is 9.07. The third-order valence-corrected chi connectivity index (χ3v) is 4.60. The van der Waals surface area contributed by atoms with Crippen LogP contribution in [-0.4, -0.2) is 34.0 Å². The van der Waals surface area contributed by atoms with Crippen LogP contribution in [0, 0.1) is 5.92 Å². The Hall–Kier alpha value is -2.81. The minimum absolute atomic E-state index is 0.190. The predicted molar refractivity (Wildman–Crippen MR) is 98.0 cm³/mol. The number of benzene rings is 1. The zero-order valence-electron chi connectivity index (χ0n) is 14.4. The number of carbonyl (C=O) groups is 3. The van der Waals surface area contributed by atoms with Crippen LogP contribution in [0.25, 0.3) is 0 Å². The minimum Gasteiger partial charge on any atom is -0.340 e. The maximum atomic E-state index is 12.3. The average molecular weight is 373 g/mol. The first-order chi connectivity index (χ1) is 12.4. The summed E-state index contributed by atoms with van der Waals surface area (Å²) in [5, 5.41) is 17.1. The molecule has 0 fully saturated rings. The van der Waals surface area contributed by atoms with Gasteiger partial charge in [-0.05, 0) is 18.1 Å². The van der Waals surface area contributed by atoms with Gasteiger partial charge in [0.2, 0.25) is 16.9 Å². The fourth-order valence-corrected chi connectivity index (χ4v) is 3.51. The second-order valence-corrected chi connectivity index (χ2v) is 7.47. The molecule has 2 aromatic rings. The quantitative estimate of drug-likeness (QED) is 0.740. The number of aromatic nitrogens is 2. The third-order valence-electron chi connectivity index (χ3n) is 3.74. The fourth-order valence-electron chi connectivity index (χ4n) is 2.55. The van der Waals surface area contributed by atoms with E-state index in [1.807, 2.05) is 0 Å². The average Bonchev–Trinajstić information content (AvgIpc) is 2.95. The smallest absolute Gasteiger partial charge is 0.254 e. The number of hydrogen-bond acceptors (Lipinski definition) is 6. The van der Waals surface area contributed by atoms with E-state index in [1.165, 1.54) is 11.3 Å². The monoisotopic (exact) mass is 373 g/mol. The highest BCUT2D eigenvalue weighted by molar-refractivity contribution is 7.15. The van der Waals surface area contributed by atoms with Crippen molar-refractivity contribution in [2.75, 3.05) is 10.6 Å². The van der Waals surface area contributed by atoms with Gasteiger partial charge >= 0.3 is 0 Å². The summed E-state index contributed by atoms with van der Waals surface area (Å²) in [4.78, 5) is 36.8. The van der Waals surface area contributed by atoms with Gasteiger partial charge in [-0.25, -0.2) is 0 Å². The maximum Gasteiger partial charge on any atom is 0.254 e. The molecule has 3 amide bonds. The highest BCUT2D eigenvalue weighted by Crippen LogP contribution is 2.20. The number of hydrogen-bond donors (Lipinski definition) is 3.